The molecule has 0 fully saturated rings. The fourth-order valence-electron chi connectivity index (χ4n) is 3.54. The largest absolute Gasteiger partial charge is 0.459 e. The van der Waals surface area contributed by atoms with Crippen LogP contribution in [0.3, 0.4) is 0 Å². The highest BCUT2D eigenvalue weighted by Gasteiger charge is 2.27. The molecule has 0 saturated heterocycles. The topological polar surface area (TPSA) is 83.6 Å². The van der Waals surface area contributed by atoms with Crippen molar-refractivity contribution in [2.45, 2.75) is 13.0 Å². The molecule has 3 aromatic heterocycles. The summed E-state index contributed by atoms with van der Waals surface area (Å²) in [7, 11) is 0. The van der Waals surface area contributed by atoms with E-state index < -0.39 is 0 Å². The molecule has 8 heteroatoms. The zero-order valence-corrected chi connectivity index (χ0v) is 15.4. The van der Waals surface area contributed by atoms with Crippen LogP contribution in [0.15, 0.2) is 57.9 Å². The number of carbonyl (C=O) groups excluding carboxylic acids is 1. The highest BCUT2D eigenvalue weighted by molar-refractivity contribution is 6.33. The van der Waals surface area contributed by atoms with Crippen LogP contribution in [-0.4, -0.2) is 31.9 Å². The Labute approximate surface area is 164 Å². The molecule has 0 atom stereocenters. The molecule has 0 saturated carbocycles. The summed E-state index contributed by atoms with van der Waals surface area (Å²) in [4.78, 5) is 31.8. The number of aromatic amines is 1. The van der Waals surface area contributed by atoms with Crippen molar-refractivity contribution >= 4 is 23.2 Å². The lowest BCUT2D eigenvalue weighted by Gasteiger charge is -2.26. The minimum absolute atomic E-state index is 0.150. The third-order valence-corrected chi connectivity index (χ3v) is 5.28. The summed E-state index contributed by atoms with van der Waals surface area (Å²) in [5.74, 6) is 0.0763. The van der Waals surface area contributed by atoms with Crippen LogP contribution < -0.4 is 5.56 Å². The van der Waals surface area contributed by atoms with E-state index in [1.54, 1.807) is 29.2 Å². The van der Waals surface area contributed by atoms with Crippen LogP contribution in [0.5, 0.6) is 0 Å². The minimum Gasteiger partial charge on any atom is -0.459 e. The first-order valence-electron chi connectivity index (χ1n) is 8.83. The van der Waals surface area contributed by atoms with E-state index in [-0.39, 0.29) is 23.8 Å². The summed E-state index contributed by atoms with van der Waals surface area (Å²) >= 11 is 6.28. The Morgan fingerprint density at radius 1 is 1.21 bits per heavy atom. The monoisotopic (exact) mass is 394 g/mol. The van der Waals surface area contributed by atoms with E-state index in [4.69, 9.17) is 16.0 Å². The third kappa shape index (κ3) is 2.63. The van der Waals surface area contributed by atoms with Crippen molar-refractivity contribution in [3.8, 4) is 11.3 Å². The van der Waals surface area contributed by atoms with Crippen LogP contribution in [0.1, 0.15) is 21.8 Å². The highest BCUT2D eigenvalue weighted by Crippen LogP contribution is 2.27. The molecule has 1 aliphatic rings. The number of carbonyl (C=O) groups is 1. The van der Waals surface area contributed by atoms with Gasteiger partial charge in [-0.1, -0.05) is 29.8 Å². The molecule has 1 aliphatic heterocycles. The Morgan fingerprint density at radius 2 is 2.07 bits per heavy atom. The molecule has 0 unspecified atom stereocenters. The number of furan rings is 1. The Morgan fingerprint density at radius 3 is 2.86 bits per heavy atom. The average Bonchev–Trinajstić information content (AvgIpc) is 3.37. The van der Waals surface area contributed by atoms with Crippen LogP contribution in [0.25, 0.3) is 16.9 Å². The maximum atomic E-state index is 12.9. The number of nitrogens with zero attached hydrogens (tertiary/aromatic N) is 3. The van der Waals surface area contributed by atoms with Gasteiger partial charge in [0.25, 0.3) is 11.5 Å². The number of aromatic nitrogens is 3. The molecular formula is C20H15ClN4O3. The van der Waals surface area contributed by atoms with Crippen molar-refractivity contribution < 1.29 is 9.21 Å². The molecule has 0 radical (unpaired) electrons. The maximum Gasteiger partial charge on any atom is 0.289 e. The molecule has 7 nitrogen and oxygen atoms in total. The highest BCUT2D eigenvalue weighted by atomic mass is 35.5. The van der Waals surface area contributed by atoms with Gasteiger partial charge in [0.2, 0.25) is 0 Å². The average molecular weight is 395 g/mol. The molecular weight excluding hydrogens is 380 g/mol. The first-order valence-corrected chi connectivity index (χ1v) is 9.21. The van der Waals surface area contributed by atoms with E-state index in [1.807, 2.05) is 18.2 Å². The van der Waals surface area contributed by atoms with Crippen LogP contribution in [0.4, 0.5) is 0 Å². The van der Waals surface area contributed by atoms with Crippen molar-refractivity contribution in [2.24, 2.45) is 0 Å². The number of hydrogen-bond donors (Lipinski definition) is 1. The summed E-state index contributed by atoms with van der Waals surface area (Å²) < 4.78 is 6.63. The SMILES string of the molecule is O=C(c1ccco1)N1CCc2c(nc3cc(-c4ccccc4Cl)[nH]n3c2=O)C1. The molecule has 4 aromatic rings. The number of halogens is 1. The smallest absolute Gasteiger partial charge is 0.289 e. The molecule has 140 valence electrons. The van der Waals surface area contributed by atoms with Gasteiger partial charge in [0.15, 0.2) is 11.4 Å². The van der Waals surface area contributed by atoms with Crippen molar-refractivity contribution in [1.82, 2.24) is 19.5 Å². The summed E-state index contributed by atoms with van der Waals surface area (Å²) in [6.07, 6.45) is 1.91. The summed E-state index contributed by atoms with van der Waals surface area (Å²) in [5, 5.41) is 3.67. The van der Waals surface area contributed by atoms with Gasteiger partial charge >= 0.3 is 0 Å². The van der Waals surface area contributed by atoms with Crippen molar-refractivity contribution in [1.29, 1.82) is 0 Å². The predicted molar refractivity (Wildman–Crippen MR) is 103 cm³/mol. The molecule has 28 heavy (non-hydrogen) atoms. The second kappa shape index (κ2) is 6.38. The fourth-order valence-corrected chi connectivity index (χ4v) is 3.78. The van der Waals surface area contributed by atoms with Crippen molar-refractivity contribution in [3.63, 3.8) is 0 Å². The van der Waals surface area contributed by atoms with Gasteiger partial charge in [0.05, 0.1) is 24.2 Å². The predicted octanol–water partition coefficient (Wildman–Crippen LogP) is 3.13. The number of nitrogens with one attached hydrogen (secondary N) is 1. The lowest BCUT2D eigenvalue weighted by Crippen LogP contribution is -2.39. The normalized spacial score (nSPS) is 13.7. The van der Waals surface area contributed by atoms with Gasteiger partial charge < -0.3 is 9.32 Å². The minimum atomic E-state index is -0.205. The number of hydrogen-bond acceptors (Lipinski definition) is 4. The lowest BCUT2D eigenvalue weighted by molar-refractivity contribution is 0.0699. The first-order chi connectivity index (χ1) is 13.6. The standard InChI is InChI=1S/C20H15ClN4O3/c21-14-5-2-1-4-12(14)15-10-18-22-16-11-24(20(27)17-6-3-9-28-17)8-7-13(16)19(26)25(18)23-15/h1-6,9-10,23H,7-8,11H2. The Balaban J connectivity index is 1.56. The number of H-pyrrole nitrogens is 1. The zero-order valence-electron chi connectivity index (χ0n) is 14.7. The van der Waals surface area contributed by atoms with E-state index in [2.05, 4.69) is 10.1 Å². The quantitative estimate of drug-likeness (QED) is 0.566. The van der Waals surface area contributed by atoms with Crippen LogP contribution >= 0.6 is 11.6 Å². The molecule has 0 spiro atoms. The molecule has 4 heterocycles. The van der Waals surface area contributed by atoms with Gasteiger partial charge in [-0.2, -0.15) is 0 Å². The van der Waals surface area contributed by atoms with Gasteiger partial charge in [-0.3, -0.25) is 14.7 Å². The maximum absolute atomic E-state index is 12.9. The Bertz CT molecular complexity index is 1260. The van der Waals surface area contributed by atoms with E-state index >= 15 is 0 Å². The van der Waals surface area contributed by atoms with Gasteiger partial charge in [-0.25, -0.2) is 9.50 Å². The number of benzene rings is 1. The summed E-state index contributed by atoms with van der Waals surface area (Å²) in [6.45, 7) is 0.709. The second-order valence-corrected chi connectivity index (χ2v) is 7.05. The molecule has 1 N–H and O–H groups in total. The van der Waals surface area contributed by atoms with E-state index in [9.17, 15) is 9.59 Å². The summed E-state index contributed by atoms with van der Waals surface area (Å²) in [6, 6.07) is 12.5. The van der Waals surface area contributed by atoms with Crippen LogP contribution in [0, 0.1) is 0 Å². The van der Waals surface area contributed by atoms with Crippen LogP contribution in [0.2, 0.25) is 5.02 Å². The van der Waals surface area contributed by atoms with E-state index in [0.717, 1.165) is 5.56 Å². The van der Waals surface area contributed by atoms with Gasteiger partial charge in [-0.05, 0) is 24.6 Å². The molecule has 1 amide bonds. The van der Waals surface area contributed by atoms with Crippen molar-refractivity contribution in [3.05, 3.63) is 81.1 Å². The van der Waals surface area contributed by atoms with Crippen LogP contribution in [-0.2, 0) is 13.0 Å². The number of amides is 1. The molecule has 0 aliphatic carbocycles. The molecule has 5 rings (SSSR count). The first kappa shape index (κ1) is 16.8. The molecule has 1 aromatic carbocycles. The van der Waals surface area contributed by atoms with E-state index in [1.165, 1.54) is 10.8 Å². The van der Waals surface area contributed by atoms with Gasteiger partial charge in [-0.15, -0.1) is 0 Å². The van der Waals surface area contributed by atoms with Gasteiger partial charge in [0.1, 0.15) is 0 Å². The second-order valence-electron chi connectivity index (χ2n) is 6.64. The van der Waals surface area contributed by atoms with Crippen molar-refractivity contribution in [2.75, 3.05) is 6.54 Å². The molecule has 0 bridgehead atoms. The van der Waals surface area contributed by atoms with Gasteiger partial charge in [0, 0.05) is 28.8 Å². The lowest BCUT2D eigenvalue weighted by atomic mass is 10.1. The van der Waals surface area contributed by atoms with E-state index in [0.29, 0.717) is 40.6 Å². The fraction of sp³-hybridized carbons (Fsp3) is 0.150. The number of fused-ring (bicyclic) bond motifs is 2. The zero-order chi connectivity index (χ0) is 19.3. The summed E-state index contributed by atoms with van der Waals surface area (Å²) in [5.41, 5.74) is 3.08. The Kier molecular flexibility index (Phi) is 3.84. The third-order valence-electron chi connectivity index (χ3n) is 4.95. The Hall–Kier alpha value is -3.32. The number of rotatable bonds is 2.